The SMILES string of the molecule is COC(=O)[C@H]1O[C@H]1c1ccc(Cl)cc1. The van der Waals surface area contributed by atoms with Crippen LogP contribution in [0.4, 0.5) is 0 Å². The average Bonchev–Trinajstić information content (AvgIpc) is 2.98. The predicted molar refractivity (Wildman–Crippen MR) is 51.1 cm³/mol. The van der Waals surface area contributed by atoms with Gasteiger partial charge in [-0.3, -0.25) is 0 Å². The molecule has 1 saturated heterocycles. The second kappa shape index (κ2) is 3.59. The molecule has 0 spiro atoms. The van der Waals surface area contributed by atoms with Gasteiger partial charge in [0.15, 0.2) is 6.10 Å². The first kappa shape index (κ1) is 9.49. The summed E-state index contributed by atoms with van der Waals surface area (Å²) in [4.78, 5) is 11.1. The van der Waals surface area contributed by atoms with E-state index < -0.39 is 6.10 Å². The minimum absolute atomic E-state index is 0.167. The van der Waals surface area contributed by atoms with Gasteiger partial charge in [-0.25, -0.2) is 4.79 Å². The molecule has 0 amide bonds. The van der Waals surface area contributed by atoms with Gasteiger partial charge >= 0.3 is 5.97 Å². The zero-order chi connectivity index (χ0) is 10.1. The first-order chi connectivity index (χ1) is 6.72. The van der Waals surface area contributed by atoms with Crippen LogP contribution in [0.5, 0.6) is 0 Å². The van der Waals surface area contributed by atoms with E-state index in [2.05, 4.69) is 4.74 Å². The third-order valence-electron chi connectivity index (χ3n) is 2.12. The molecule has 3 nitrogen and oxygen atoms in total. The molecule has 1 fully saturated rings. The smallest absolute Gasteiger partial charge is 0.338 e. The normalized spacial score (nSPS) is 24.4. The molecule has 0 saturated carbocycles. The van der Waals surface area contributed by atoms with Crippen molar-refractivity contribution in [3.63, 3.8) is 0 Å². The molecule has 1 aliphatic rings. The molecule has 0 aliphatic carbocycles. The van der Waals surface area contributed by atoms with Crippen LogP contribution in [0.15, 0.2) is 24.3 Å². The molecule has 1 aromatic rings. The Morgan fingerprint density at radius 1 is 1.43 bits per heavy atom. The highest BCUT2D eigenvalue weighted by Gasteiger charge is 2.47. The highest BCUT2D eigenvalue weighted by molar-refractivity contribution is 6.30. The molecule has 2 atom stereocenters. The number of hydrogen-bond donors (Lipinski definition) is 0. The van der Waals surface area contributed by atoms with E-state index in [4.69, 9.17) is 16.3 Å². The topological polar surface area (TPSA) is 38.8 Å². The lowest BCUT2D eigenvalue weighted by Gasteiger charge is -1.95. The molecule has 0 radical (unpaired) electrons. The number of carbonyl (C=O) groups is 1. The Hall–Kier alpha value is -1.06. The van der Waals surface area contributed by atoms with Gasteiger partial charge in [-0.05, 0) is 17.7 Å². The Balaban J connectivity index is 2.06. The van der Waals surface area contributed by atoms with Crippen molar-refractivity contribution in [1.82, 2.24) is 0 Å². The van der Waals surface area contributed by atoms with Crippen LogP contribution in [0.3, 0.4) is 0 Å². The lowest BCUT2D eigenvalue weighted by atomic mass is 10.1. The number of carbonyl (C=O) groups excluding carboxylic acids is 1. The maximum atomic E-state index is 11.1. The van der Waals surface area contributed by atoms with E-state index in [0.717, 1.165) is 5.56 Å². The molecule has 74 valence electrons. The number of rotatable bonds is 2. The van der Waals surface area contributed by atoms with Gasteiger partial charge in [0.05, 0.1) is 7.11 Å². The molecule has 1 aliphatic heterocycles. The third-order valence-corrected chi connectivity index (χ3v) is 2.38. The van der Waals surface area contributed by atoms with Gasteiger partial charge in [-0.15, -0.1) is 0 Å². The number of hydrogen-bond acceptors (Lipinski definition) is 3. The van der Waals surface area contributed by atoms with Crippen molar-refractivity contribution in [3.05, 3.63) is 34.9 Å². The van der Waals surface area contributed by atoms with Crippen LogP contribution in [0, 0.1) is 0 Å². The summed E-state index contributed by atoms with van der Waals surface area (Å²) in [5.74, 6) is -0.329. The van der Waals surface area contributed by atoms with Gasteiger partial charge in [-0.1, -0.05) is 23.7 Å². The van der Waals surface area contributed by atoms with Gasteiger partial charge in [0.1, 0.15) is 6.10 Å². The molecular formula is C10H9ClO3. The molecule has 14 heavy (non-hydrogen) atoms. The second-order valence-electron chi connectivity index (χ2n) is 3.05. The Morgan fingerprint density at radius 3 is 2.64 bits per heavy atom. The molecular weight excluding hydrogens is 204 g/mol. The van der Waals surface area contributed by atoms with Crippen LogP contribution >= 0.6 is 11.6 Å². The van der Waals surface area contributed by atoms with Gasteiger partial charge < -0.3 is 9.47 Å². The van der Waals surface area contributed by atoms with E-state index in [-0.39, 0.29) is 12.1 Å². The minimum Gasteiger partial charge on any atom is -0.467 e. The van der Waals surface area contributed by atoms with Gasteiger partial charge in [0.25, 0.3) is 0 Å². The van der Waals surface area contributed by atoms with Gasteiger partial charge in [0.2, 0.25) is 0 Å². The maximum absolute atomic E-state index is 11.1. The monoisotopic (exact) mass is 212 g/mol. The summed E-state index contributed by atoms with van der Waals surface area (Å²) in [6.45, 7) is 0. The van der Waals surface area contributed by atoms with Crippen molar-refractivity contribution in [1.29, 1.82) is 0 Å². The van der Waals surface area contributed by atoms with Crippen LogP contribution in [0.1, 0.15) is 11.7 Å². The van der Waals surface area contributed by atoms with Crippen molar-refractivity contribution in [2.24, 2.45) is 0 Å². The van der Waals surface area contributed by atoms with Crippen molar-refractivity contribution in [3.8, 4) is 0 Å². The van der Waals surface area contributed by atoms with Gasteiger partial charge in [0, 0.05) is 5.02 Å². The quantitative estimate of drug-likeness (QED) is 0.556. The van der Waals surface area contributed by atoms with E-state index in [1.807, 2.05) is 12.1 Å². The summed E-state index contributed by atoms with van der Waals surface area (Å²) in [5.41, 5.74) is 0.949. The molecule has 0 aromatic heterocycles. The highest BCUT2D eigenvalue weighted by atomic mass is 35.5. The zero-order valence-electron chi connectivity index (χ0n) is 7.57. The number of esters is 1. The Kier molecular flexibility index (Phi) is 2.44. The Labute approximate surface area is 86.6 Å². The van der Waals surface area contributed by atoms with Gasteiger partial charge in [-0.2, -0.15) is 0 Å². The van der Waals surface area contributed by atoms with Crippen LogP contribution in [0.25, 0.3) is 0 Å². The predicted octanol–water partition coefficient (Wildman–Crippen LogP) is 1.95. The van der Waals surface area contributed by atoms with Crippen LogP contribution in [0.2, 0.25) is 5.02 Å². The lowest BCUT2D eigenvalue weighted by Crippen LogP contribution is -2.09. The molecule has 0 N–H and O–H groups in total. The van der Waals surface area contributed by atoms with Crippen LogP contribution in [-0.2, 0) is 14.3 Å². The first-order valence-electron chi connectivity index (χ1n) is 4.21. The van der Waals surface area contributed by atoms with Crippen molar-refractivity contribution in [2.45, 2.75) is 12.2 Å². The fourth-order valence-corrected chi connectivity index (χ4v) is 1.44. The summed E-state index contributed by atoms with van der Waals surface area (Å²) in [5, 5.41) is 0.670. The van der Waals surface area contributed by atoms with Crippen LogP contribution in [-0.4, -0.2) is 19.2 Å². The minimum atomic E-state index is -0.443. The molecule has 2 rings (SSSR count). The summed E-state index contributed by atoms with van der Waals surface area (Å²) in [6.07, 6.45) is -0.610. The standard InChI is InChI=1S/C10H9ClO3/c1-13-10(12)9-8(14-9)6-2-4-7(11)5-3-6/h2-5,8-9H,1H3/t8-,9-/m0/s1. The Morgan fingerprint density at radius 2 is 2.07 bits per heavy atom. The summed E-state index contributed by atoms with van der Waals surface area (Å²) < 4.78 is 9.74. The van der Waals surface area contributed by atoms with E-state index in [0.29, 0.717) is 5.02 Å². The molecule has 1 heterocycles. The van der Waals surface area contributed by atoms with E-state index in [9.17, 15) is 4.79 Å². The number of ether oxygens (including phenoxy) is 2. The largest absolute Gasteiger partial charge is 0.467 e. The molecule has 0 bridgehead atoms. The Bertz CT molecular complexity index is 347. The van der Waals surface area contributed by atoms with E-state index in [1.54, 1.807) is 12.1 Å². The summed E-state index contributed by atoms with van der Waals surface area (Å²) >= 11 is 5.73. The molecule has 4 heteroatoms. The average molecular weight is 213 g/mol. The highest BCUT2D eigenvalue weighted by Crippen LogP contribution is 2.39. The van der Waals surface area contributed by atoms with Crippen molar-refractivity contribution >= 4 is 17.6 Å². The van der Waals surface area contributed by atoms with Crippen molar-refractivity contribution in [2.75, 3.05) is 7.11 Å². The summed E-state index contributed by atoms with van der Waals surface area (Å²) in [7, 11) is 1.35. The molecule has 1 aromatic carbocycles. The molecule has 0 unspecified atom stereocenters. The fourth-order valence-electron chi connectivity index (χ4n) is 1.31. The number of methoxy groups -OCH3 is 1. The third kappa shape index (κ3) is 1.74. The number of benzene rings is 1. The van der Waals surface area contributed by atoms with Crippen LogP contribution < -0.4 is 0 Å². The van der Waals surface area contributed by atoms with Crippen molar-refractivity contribution < 1.29 is 14.3 Å². The zero-order valence-corrected chi connectivity index (χ0v) is 8.32. The lowest BCUT2D eigenvalue weighted by molar-refractivity contribution is -0.142. The summed E-state index contributed by atoms with van der Waals surface area (Å²) in [6, 6.07) is 7.23. The van der Waals surface area contributed by atoms with E-state index in [1.165, 1.54) is 7.11 Å². The second-order valence-corrected chi connectivity index (χ2v) is 3.49. The number of epoxide rings is 1. The first-order valence-corrected chi connectivity index (χ1v) is 4.59. The number of halogens is 1. The maximum Gasteiger partial charge on any atom is 0.338 e. The fraction of sp³-hybridized carbons (Fsp3) is 0.300. The van der Waals surface area contributed by atoms with E-state index >= 15 is 0 Å².